The highest BCUT2D eigenvalue weighted by Gasteiger charge is 2.32. The highest BCUT2D eigenvalue weighted by atomic mass is 19.4. The van der Waals surface area contributed by atoms with E-state index >= 15 is 0 Å². The smallest absolute Gasteiger partial charge is 0.384 e. The third-order valence-corrected chi connectivity index (χ3v) is 4.72. The second-order valence-electron chi connectivity index (χ2n) is 6.81. The Hall–Kier alpha value is -2.74. The van der Waals surface area contributed by atoms with Gasteiger partial charge in [-0.15, -0.1) is 0 Å². The molecule has 2 aromatic carbocycles. The molecule has 3 rings (SSSR count). The van der Waals surface area contributed by atoms with E-state index in [2.05, 4.69) is 5.32 Å². The first-order valence-electron chi connectivity index (χ1n) is 8.30. The Morgan fingerprint density at radius 1 is 1.00 bits per heavy atom. The molecule has 0 fully saturated rings. The fraction of sp³-hybridized carbons (Fsp3) is 0.316. The Labute approximate surface area is 153 Å². The number of nitrogens with one attached hydrogen (secondary N) is 1. The van der Waals surface area contributed by atoms with E-state index in [-0.39, 0.29) is 17.8 Å². The summed E-state index contributed by atoms with van der Waals surface area (Å²) in [6.07, 6.45) is -4.47. The summed E-state index contributed by atoms with van der Waals surface area (Å²) in [5, 5.41) is 13.7. The molecule has 27 heavy (non-hydrogen) atoms. The molecule has 0 aliphatic carbocycles. The number of aromatic nitrogens is 2. The lowest BCUT2D eigenvalue weighted by Crippen LogP contribution is -2.31. The van der Waals surface area contributed by atoms with Crippen molar-refractivity contribution in [2.45, 2.75) is 18.7 Å². The average molecular weight is 379 g/mol. The Kier molecular flexibility index (Phi) is 4.55. The SMILES string of the molecule is Cn1c(=O)n(C)c2cc(NC[C@@](C)(O)c3cccc(C(F)(F)F)c3)ccc21. The van der Waals surface area contributed by atoms with Gasteiger partial charge in [0.15, 0.2) is 0 Å². The number of benzene rings is 2. The Balaban J connectivity index is 1.84. The van der Waals surface area contributed by atoms with E-state index in [1.165, 1.54) is 28.2 Å². The van der Waals surface area contributed by atoms with Gasteiger partial charge in [0.2, 0.25) is 0 Å². The van der Waals surface area contributed by atoms with Gasteiger partial charge in [0.25, 0.3) is 0 Å². The van der Waals surface area contributed by atoms with Crippen LogP contribution in [0.25, 0.3) is 11.0 Å². The first kappa shape index (κ1) is 19.0. The number of aliphatic hydroxyl groups is 1. The van der Waals surface area contributed by atoms with Gasteiger partial charge in [0, 0.05) is 26.3 Å². The number of aryl methyl sites for hydroxylation is 2. The van der Waals surface area contributed by atoms with Crippen molar-refractivity contribution < 1.29 is 18.3 Å². The van der Waals surface area contributed by atoms with Crippen LogP contribution in [0.15, 0.2) is 47.3 Å². The van der Waals surface area contributed by atoms with Crippen molar-refractivity contribution in [3.63, 3.8) is 0 Å². The van der Waals surface area contributed by atoms with Gasteiger partial charge in [-0.3, -0.25) is 9.13 Å². The predicted molar refractivity (Wildman–Crippen MR) is 97.7 cm³/mol. The van der Waals surface area contributed by atoms with Crippen molar-refractivity contribution in [3.05, 3.63) is 64.1 Å². The second-order valence-corrected chi connectivity index (χ2v) is 6.81. The zero-order valence-electron chi connectivity index (χ0n) is 15.1. The number of halogens is 3. The van der Waals surface area contributed by atoms with Crippen LogP contribution in [-0.2, 0) is 25.9 Å². The molecule has 5 nitrogen and oxygen atoms in total. The zero-order valence-corrected chi connectivity index (χ0v) is 15.1. The largest absolute Gasteiger partial charge is 0.416 e. The van der Waals surface area contributed by atoms with Gasteiger partial charge < -0.3 is 10.4 Å². The van der Waals surface area contributed by atoms with Gasteiger partial charge in [-0.25, -0.2) is 4.79 Å². The fourth-order valence-corrected chi connectivity index (χ4v) is 3.02. The number of hydrogen-bond donors (Lipinski definition) is 2. The summed E-state index contributed by atoms with van der Waals surface area (Å²) in [5.41, 5.74) is -0.185. The molecule has 8 heteroatoms. The molecule has 0 aliphatic rings. The van der Waals surface area contributed by atoms with Crippen LogP contribution in [0, 0.1) is 0 Å². The van der Waals surface area contributed by atoms with Crippen molar-refractivity contribution in [1.82, 2.24) is 9.13 Å². The minimum atomic E-state index is -4.47. The van der Waals surface area contributed by atoms with Crippen LogP contribution in [0.1, 0.15) is 18.1 Å². The number of fused-ring (bicyclic) bond motifs is 1. The highest BCUT2D eigenvalue weighted by Crippen LogP contribution is 2.32. The summed E-state index contributed by atoms with van der Waals surface area (Å²) in [6.45, 7) is 1.45. The van der Waals surface area contributed by atoms with Crippen LogP contribution < -0.4 is 11.0 Å². The summed E-state index contributed by atoms with van der Waals surface area (Å²) in [5.74, 6) is 0. The molecule has 2 N–H and O–H groups in total. The lowest BCUT2D eigenvalue weighted by molar-refractivity contribution is -0.137. The first-order valence-corrected chi connectivity index (χ1v) is 8.30. The predicted octanol–water partition coefficient (Wildman–Crippen LogP) is 3.22. The maximum atomic E-state index is 12.9. The minimum Gasteiger partial charge on any atom is -0.384 e. The molecule has 0 bridgehead atoms. The van der Waals surface area contributed by atoms with E-state index in [0.29, 0.717) is 11.2 Å². The molecule has 0 saturated carbocycles. The average Bonchev–Trinajstić information content (AvgIpc) is 2.84. The van der Waals surface area contributed by atoms with E-state index in [0.717, 1.165) is 17.6 Å². The quantitative estimate of drug-likeness (QED) is 0.732. The highest BCUT2D eigenvalue weighted by molar-refractivity contribution is 5.80. The van der Waals surface area contributed by atoms with E-state index < -0.39 is 17.3 Å². The van der Waals surface area contributed by atoms with Crippen LogP contribution in [0.4, 0.5) is 18.9 Å². The third kappa shape index (κ3) is 3.57. The summed E-state index contributed by atoms with van der Waals surface area (Å²) in [7, 11) is 3.34. The minimum absolute atomic E-state index is 0.000592. The summed E-state index contributed by atoms with van der Waals surface area (Å²) >= 11 is 0. The molecule has 0 radical (unpaired) electrons. The standard InChI is InChI=1S/C19H20F3N3O2/c1-18(27,12-5-4-6-13(9-12)19(20,21)22)11-23-14-7-8-15-16(10-14)25(3)17(26)24(15)2/h4-10,23,27H,11H2,1-3H3/t18-/m1/s1. The van der Waals surface area contributed by atoms with E-state index in [1.807, 2.05) is 0 Å². The molecule has 0 unspecified atom stereocenters. The van der Waals surface area contributed by atoms with Crippen molar-refractivity contribution in [2.75, 3.05) is 11.9 Å². The molecule has 0 spiro atoms. The van der Waals surface area contributed by atoms with E-state index in [9.17, 15) is 23.1 Å². The van der Waals surface area contributed by atoms with Crippen molar-refractivity contribution in [1.29, 1.82) is 0 Å². The van der Waals surface area contributed by atoms with E-state index in [4.69, 9.17) is 0 Å². The van der Waals surface area contributed by atoms with Crippen molar-refractivity contribution in [3.8, 4) is 0 Å². The number of alkyl halides is 3. The number of hydrogen-bond acceptors (Lipinski definition) is 3. The van der Waals surface area contributed by atoms with Crippen molar-refractivity contribution >= 4 is 16.7 Å². The molecule has 1 aromatic heterocycles. The Morgan fingerprint density at radius 3 is 2.30 bits per heavy atom. The van der Waals surface area contributed by atoms with Gasteiger partial charge >= 0.3 is 11.9 Å². The second kappa shape index (κ2) is 6.45. The van der Waals surface area contributed by atoms with Crippen LogP contribution in [0.3, 0.4) is 0 Å². The maximum absolute atomic E-state index is 12.9. The van der Waals surface area contributed by atoms with Gasteiger partial charge in [-0.1, -0.05) is 12.1 Å². The van der Waals surface area contributed by atoms with E-state index in [1.54, 1.807) is 32.3 Å². The number of nitrogens with zero attached hydrogens (tertiary/aromatic N) is 2. The molecular weight excluding hydrogens is 359 g/mol. The normalized spacial score (nSPS) is 14.3. The molecule has 0 saturated heterocycles. The molecule has 1 heterocycles. The monoisotopic (exact) mass is 379 g/mol. The summed E-state index contributed by atoms with van der Waals surface area (Å²) < 4.78 is 41.7. The topological polar surface area (TPSA) is 59.2 Å². The molecule has 144 valence electrons. The summed E-state index contributed by atoms with van der Waals surface area (Å²) in [6, 6.07) is 9.95. The van der Waals surface area contributed by atoms with Crippen molar-refractivity contribution in [2.24, 2.45) is 14.1 Å². The molecular formula is C19H20F3N3O2. The van der Waals surface area contributed by atoms with Crippen LogP contribution in [-0.4, -0.2) is 20.8 Å². The van der Waals surface area contributed by atoms with Gasteiger partial charge in [0.05, 0.1) is 16.6 Å². The molecule has 0 aliphatic heterocycles. The lowest BCUT2D eigenvalue weighted by atomic mass is 9.94. The van der Waals surface area contributed by atoms with Gasteiger partial charge in [-0.2, -0.15) is 13.2 Å². The van der Waals surface area contributed by atoms with Crippen LogP contribution in [0.2, 0.25) is 0 Å². The molecule has 1 atom stereocenters. The molecule has 0 amide bonds. The Morgan fingerprint density at radius 2 is 1.63 bits per heavy atom. The fourth-order valence-electron chi connectivity index (χ4n) is 3.02. The Bertz CT molecular complexity index is 1050. The van der Waals surface area contributed by atoms with Gasteiger partial charge in [0.1, 0.15) is 5.60 Å². The maximum Gasteiger partial charge on any atom is 0.416 e. The van der Waals surface area contributed by atoms with Gasteiger partial charge in [-0.05, 0) is 42.8 Å². The first-order chi connectivity index (χ1) is 12.5. The van der Waals surface area contributed by atoms with Crippen LogP contribution >= 0.6 is 0 Å². The number of rotatable bonds is 4. The van der Waals surface area contributed by atoms with Crippen LogP contribution in [0.5, 0.6) is 0 Å². The third-order valence-electron chi connectivity index (χ3n) is 4.72. The number of anilines is 1. The lowest BCUT2D eigenvalue weighted by Gasteiger charge is -2.25. The number of imidazole rings is 1. The molecule has 3 aromatic rings. The summed E-state index contributed by atoms with van der Waals surface area (Å²) in [4.78, 5) is 12.0. The zero-order chi connectivity index (χ0) is 20.0.